The summed E-state index contributed by atoms with van der Waals surface area (Å²) < 4.78 is 7.21. The summed E-state index contributed by atoms with van der Waals surface area (Å²) in [5.74, 6) is 0.788. The Bertz CT molecular complexity index is 1070. The first-order valence-corrected chi connectivity index (χ1v) is 8.22. The van der Waals surface area contributed by atoms with E-state index in [0.29, 0.717) is 10.7 Å². The van der Waals surface area contributed by atoms with Crippen molar-refractivity contribution in [1.82, 2.24) is 14.8 Å². The van der Waals surface area contributed by atoms with E-state index < -0.39 is 0 Å². The maximum atomic E-state index is 11.8. The predicted octanol–water partition coefficient (Wildman–Crippen LogP) is 3.83. The van der Waals surface area contributed by atoms with E-state index in [1.807, 2.05) is 60.0 Å². The van der Waals surface area contributed by atoms with E-state index in [4.69, 9.17) is 4.42 Å². The Kier molecular flexibility index (Phi) is 3.66. The largest absolute Gasteiger partial charge is 0.423 e. The van der Waals surface area contributed by atoms with Gasteiger partial charge in [-0.3, -0.25) is 4.57 Å². The minimum atomic E-state index is -0.376. The number of para-hydroxylation sites is 2. The summed E-state index contributed by atoms with van der Waals surface area (Å²) in [5.41, 5.74) is 1.17. The van der Waals surface area contributed by atoms with Gasteiger partial charge in [-0.25, -0.2) is 4.79 Å². The monoisotopic (exact) mass is 335 g/mol. The molecule has 0 fully saturated rings. The smallest absolute Gasteiger partial charge is 0.337 e. The molecule has 2 aromatic carbocycles. The third-order valence-corrected chi connectivity index (χ3v) is 4.63. The Balaban J connectivity index is 1.85. The van der Waals surface area contributed by atoms with E-state index in [2.05, 4.69) is 10.2 Å². The van der Waals surface area contributed by atoms with Crippen LogP contribution >= 0.6 is 11.8 Å². The molecule has 0 unspecified atom stereocenters. The van der Waals surface area contributed by atoms with Crippen LogP contribution < -0.4 is 5.63 Å². The van der Waals surface area contributed by atoms with Crippen LogP contribution in [-0.4, -0.2) is 14.8 Å². The Hall–Kier alpha value is -2.86. The number of nitrogens with zero attached hydrogens (tertiary/aromatic N) is 3. The average molecular weight is 335 g/mol. The van der Waals surface area contributed by atoms with Gasteiger partial charge < -0.3 is 4.42 Å². The quantitative estimate of drug-likeness (QED) is 0.532. The van der Waals surface area contributed by atoms with Crippen LogP contribution in [0.15, 0.2) is 79.9 Å². The molecule has 0 saturated carbocycles. The Morgan fingerprint density at radius 2 is 1.75 bits per heavy atom. The summed E-state index contributed by atoms with van der Waals surface area (Å²) in [5, 5.41) is 10.0. The molecule has 0 N–H and O–H groups in total. The first-order valence-electron chi connectivity index (χ1n) is 7.40. The van der Waals surface area contributed by atoms with Crippen molar-refractivity contribution in [1.29, 1.82) is 0 Å². The summed E-state index contributed by atoms with van der Waals surface area (Å²) in [6.45, 7) is 1.90. The van der Waals surface area contributed by atoms with Gasteiger partial charge >= 0.3 is 5.63 Å². The van der Waals surface area contributed by atoms with Gasteiger partial charge in [0.25, 0.3) is 0 Å². The van der Waals surface area contributed by atoms with Gasteiger partial charge in [0, 0.05) is 22.0 Å². The maximum absolute atomic E-state index is 11.8. The number of aromatic nitrogens is 3. The molecule has 0 aliphatic rings. The molecule has 0 radical (unpaired) electrons. The minimum Gasteiger partial charge on any atom is -0.423 e. The van der Waals surface area contributed by atoms with Crippen LogP contribution in [0.25, 0.3) is 16.7 Å². The Morgan fingerprint density at radius 1 is 1.00 bits per heavy atom. The lowest BCUT2D eigenvalue weighted by molar-refractivity contribution is 0.557. The van der Waals surface area contributed by atoms with Crippen molar-refractivity contribution in [2.24, 2.45) is 0 Å². The van der Waals surface area contributed by atoms with Gasteiger partial charge in [-0.05, 0) is 36.9 Å². The summed E-state index contributed by atoms with van der Waals surface area (Å²) in [6, 6.07) is 18.9. The van der Waals surface area contributed by atoms with Gasteiger partial charge in [-0.15, -0.1) is 10.2 Å². The normalized spacial score (nSPS) is 11.0. The molecular formula is C18H13N3O2S. The molecule has 4 rings (SSSR count). The summed E-state index contributed by atoms with van der Waals surface area (Å²) in [4.78, 5) is 12.6. The average Bonchev–Trinajstić information content (AvgIpc) is 2.96. The number of benzene rings is 2. The minimum absolute atomic E-state index is 0.376. The molecule has 2 aromatic heterocycles. The molecule has 2 heterocycles. The van der Waals surface area contributed by atoms with Crippen LogP contribution in [0.1, 0.15) is 5.82 Å². The van der Waals surface area contributed by atoms with Crippen molar-refractivity contribution in [2.45, 2.75) is 17.0 Å². The van der Waals surface area contributed by atoms with Crippen molar-refractivity contribution in [2.75, 3.05) is 0 Å². The standard InChI is InChI=1S/C18H13N3O2S/c1-12-19-20-18(21(12)13-7-3-2-4-8-13)24-16-11-17(22)23-15-10-6-5-9-14(15)16/h2-11H,1H3. The highest BCUT2D eigenvalue weighted by atomic mass is 32.2. The third-order valence-electron chi connectivity index (χ3n) is 3.62. The molecule has 0 atom stereocenters. The van der Waals surface area contributed by atoms with Crippen molar-refractivity contribution < 1.29 is 4.42 Å². The van der Waals surface area contributed by atoms with Gasteiger partial charge in [-0.2, -0.15) is 0 Å². The molecule has 0 spiro atoms. The molecule has 0 amide bonds. The first kappa shape index (κ1) is 14.7. The van der Waals surface area contributed by atoms with E-state index in [1.54, 1.807) is 6.07 Å². The summed E-state index contributed by atoms with van der Waals surface area (Å²) in [7, 11) is 0. The number of aryl methyl sites for hydroxylation is 1. The lowest BCUT2D eigenvalue weighted by Gasteiger charge is -2.09. The van der Waals surface area contributed by atoms with E-state index >= 15 is 0 Å². The second kappa shape index (κ2) is 5.98. The second-order valence-electron chi connectivity index (χ2n) is 5.23. The van der Waals surface area contributed by atoms with Gasteiger partial charge in [0.1, 0.15) is 11.4 Å². The number of fused-ring (bicyclic) bond motifs is 1. The fraction of sp³-hybridized carbons (Fsp3) is 0.0556. The summed E-state index contributed by atoms with van der Waals surface area (Å²) >= 11 is 1.40. The highest BCUT2D eigenvalue weighted by molar-refractivity contribution is 7.99. The molecule has 4 aromatic rings. The SMILES string of the molecule is Cc1nnc(Sc2cc(=O)oc3ccccc23)n1-c1ccccc1. The lowest BCUT2D eigenvalue weighted by Crippen LogP contribution is -2.00. The van der Waals surface area contributed by atoms with Crippen molar-refractivity contribution >= 4 is 22.7 Å². The zero-order valence-electron chi connectivity index (χ0n) is 12.8. The van der Waals surface area contributed by atoms with Crippen LogP contribution in [0.4, 0.5) is 0 Å². The van der Waals surface area contributed by atoms with E-state index in [1.165, 1.54) is 17.8 Å². The molecule has 24 heavy (non-hydrogen) atoms. The number of rotatable bonds is 3. The van der Waals surface area contributed by atoms with Gasteiger partial charge in [0.05, 0.1) is 0 Å². The van der Waals surface area contributed by atoms with Crippen LogP contribution in [0.3, 0.4) is 0 Å². The third kappa shape index (κ3) is 2.61. The summed E-state index contributed by atoms with van der Waals surface area (Å²) in [6.07, 6.45) is 0. The number of hydrogen-bond donors (Lipinski definition) is 0. The van der Waals surface area contributed by atoms with Crippen LogP contribution in [0.5, 0.6) is 0 Å². The maximum Gasteiger partial charge on any atom is 0.337 e. The fourth-order valence-electron chi connectivity index (χ4n) is 2.55. The van der Waals surface area contributed by atoms with E-state index in [9.17, 15) is 4.79 Å². The fourth-order valence-corrected chi connectivity index (χ4v) is 3.59. The topological polar surface area (TPSA) is 60.9 Å². The number of hydrogen-bond acceptors (Lipinski definition) is 5. The predicted molar refractivity (Wildman–Crippen MR) is 92.7 cm³/mol. The zero-order valence-corrected chi connectivity index (χ0v) is 13.7. The van der Waals surface area contributed by atoms with Gasteiger partial charge in [0.2, 0.25) is 5.16 Å². The highest BCUT2D eigenvalue weighted by Gasteiger charge is 2.14. The molecule has 0 aliphatic carbocycles. The molecule has 6 heteroatoms. The van der Waals surface area contributed by atoms with Crippen molar-refractivity contribution in [3.63, 3.8) is 0 Å². The second-order valence-corrected chi connectivity index (χ2v) is 6.24. The van der Waals surface area contributed by atoms with Crippen molar-refractivity contribution in [3.8, 4) is 5.69 Å². The Morgan fingerprint density at radius 3 is 2.58 bits per heavy atom. The highest BCUT2D eigenvalue weighted by Crippen LogP contribution is 2.32. The van der Waals surface area contributed by atoms with Crippen LogP contribution in [-0.2, 0) is 0 Å². The van der Waals surface area contributed by atoms with Gasteiger partial charge in [0.15, 0.2) is 0 Å². The Labute approximate surface area is 142 Å². The molecule has 5 nitrogen and oxygen atoms in total. The van der Waals surface area contributed by atoms with E-state index in [-0.39, 0.29) is 5.63 Å². The molecule has 0 bridgehead atoms. The van der Waals surface area contributed by atoms with Gasteiger partial charge in [-0.1, -0.05) is 36.4 Å². The molecule has 0 saturated heterocycles. The lowest BCUT2D eigenvalue weighted by atomic mass is 10.2. The van der Waals surface area contributed by atoms with Crippen molar-refractivity contribution in [3.05, 3.63) is 76.9 Å². The van der Waals surface area contributed by atoms with Crippen LogP contribution in [0, 0.1) is 6.92 Å². The molecule has 0 aliphatic heterocycles. The van der Waals surface area contributed by atoms with Crippen LogP contribution in [0.2, 0.25) is 0 Å². The van der Waals surface area contributed by atoms with E-state index in [0.717, 1.165) is 21.8 Å². The molecule has 118 valence electrons. The zero-order chi connectivity index (χ0) is 16.5. The molecular weight excluding hydrogens is 322 g/mol. The first-order chi connectivity index (χ1) is 11.7.